The predicted molar refractivity (Wildman–Crippen MR) is 131 cm³/mol. The van der Waals surface area contributed by atoms with E-state index in [4.69, 9.17) is 16.6 Å². The number of benzene rings is 4. The van der Waals surface area contributed by atoms with Gasteiger partial charge in [0.15, 0.2) is 0 Å². The SMILES string of the molecule is Clc1ccc2nc(C(Sc3ccccc3)c3ccccc3)n(Cc3ccccc3)c2c1. The molecule has 0 spiro atoms. The number of thioether (sulfide) groups is 1. The molecule has 0 aliphatic carbocycles. The minimum absolute atomic E-state index is 0.0542. The molecule has 0 saturated carbocycles. The van der Waals surface area contributed by atoms with E-state index < -0.39 is 0 Å². The van der Waals surface area contributed by atoms with Crippen LogP contribution in [0.2, 0.25) is 5.02 Å². The molecule has 152 valence electrons. The Labute approximate surface area is 191 Å². The van der Waals surface area contributed by atoms with Gasteiger partial charge in [0, 0.05) is 16.5 Å². The van der Waals surface area contributed by atoms with Crippen molar-refractivity contribution in [3.05, 3.63) is 131 Å². The van der Waals surface area contributed by atoms with Gasteiger partial charge in [0.1, 0.15) is 5.82 Å². The highest BCUT2D eigenvalue weighted by molar-refractivity contribution is 7.99. The molecule has 4 aromatic carbocycles. The Hall–Kier alpha value is -3.01. The largest absolute Gasteiger partial charge is 0.322 e. The highest BCUT2D eigenvalue weighted by Crippen LogP contribution is 2.41. The first-order valence-corrected chi connectivity index (χ1v) is 11.5. The van der Waals surface area contributed by atoms with E-state index >= 15 is 0 Å². The van der Waals surface area contributed by atoms with Crippen LogP contribution in [0.5, 0.6) is 0 Å². The standard InChI is InChI=1S/C27H21ClN2S/c28-22-16-17-24-25(18-22)30(19-20-10-4-1-5-11-20)27(29-24)26(21-12-6-2-7-13-21)31-23-14-8-3-9-15-23/h1-18,26H,19H2. The zero-order chi connectivity index (χ0) is 21.0. The molecule has 0 aliphatic heterocycles. The van der Waals surface area contributed by atoms with E-state index in [0.717, 1.165) is 28.4 Å². The lowest BCUT2D eigenvalue weighted by molar-refractivity contribution is 0.757. The van der Waals surface area contributed by atoms with Gasteiger partial charge in [0.05, 0.1) is 16.3 Å². The summed E-state index contributed by atoms with van der Waals surface area (Å²) < 4.78 is 2.31. The number of fused-ring (bicyclic) bond motifs is 1. The Kier molecular flexibility index (Phi) is 5.79. The van der Waals surface area contributed by atoms with Crippen LogP contribution in [0.1, 0.15) is 22.2 Å². The Bertz CT molecular complexity index is 1280. The smallest absolute Gasteiger partial charge is 0.128 e. The molecule has 1 heterocycles. The van der Waals surface area contributed by atoms with E-state index in [1.165, 1.54) is 16.0 Å². The monoisotopic (exact) mass is 440 g/mol. The van der Waals surface area contributed by atoms with E-state index in [0.29, 0.717) is 0 Å². The van der Waals surface area contributed by atoms with Gasteiger partial charge in [-0.05, 0) is 41.5 Å². The van der Waals surface area contributed by atoms with Gasteiger partial charge in [0.2, 0.25) is 0 Å². The van der Waals surface area contributed by atoms with Gasteiger partial charge in [-0.3, -0.25) is 0 Å². The Morgan fingerprint density at radius 2 is 1.42 bits per heavy atom. The molecule has 1 unspecified atom stereocenters. The van der Waals surface area contributed by atoms with E-state index in [2.05, 4.69) is 83.4 Å². The lowest BCUT2D eigenvalue weighted by atomic mass is 10.1. The van der Waals surface area contributed by atoms with Crippen LogP contribution in [0.15, 0.2) is 114 Å². The first-order valence-electron chi connectivity index (χ1n) is 10.2. The molecule has 0 bridgehead atoms. The van der Waals surface area contributed by atoms with Crippen molar-refractivity contribution < 1.29 is 0 Å². The quantitative estimate of drug-likeness (QED) is 0.253. The van der Waals surface area contributed by atoms with E-state index in [-0.39, 0.29) is 5.25 Å². The summed E-state index contributed by atoms with van der Waals surface area (Å²) in [6, 6.07) is 37.6. The lowest BCUT2D eigenvalue weighted by Crippen LogP contribution is -2.09. The summed E-state index contributed by atoms with van der Waals surface area (Å²) in [5, 5.41) is 0.777. The number of nitrogens with zero attached hydrogens (tertiary/aromatic N) is 2. The molecular weight excluding hydrogens is 420 g/mol. The molecule has 0 amide bonds. The summed E-state index contributed by atoms with van der Waals surface area (Å²) in [6.07, 6.45) is 0. The normalized spacial score (nSPS) is 12.2. The summed E-state index contributed by atoms with van der Waals surface area (Å²) in [4.78, 5) is 6.32. The zero-order valence-electron chi connectivity index (χ0n) is 16.9. The molecule has 1 atom stereocenters. The summed E-state index contributed by atoms with van der Waals surface area (Å²) in [6.45, 7) is 0.742. The number of hydrogen-bond donors (Lipinski definition) is 0. The second-order valence-electron chi connectivity index (χ2n) is 7.40. The van der Waals surface area contributed by atoms with Crippen molar-refractivity contribution in [2.45, 2.75) is 16.7 Å². The summed E-state index contributed by atoms with van der Waals surface area (Å²) >= 11 is 8.21. The molecule has 0 radical (unpaired) electrons. The molecule has 0 aliphatic rings. The number of aromatic nitrogens is 2. The van der Waals surface area contributed by atoms with E-state index in [9.17, 15) is 0 Å². The molecule has 0 fully saturated rings. The minimum Gasteiger partial charge on any atom is -0.322 e. The number of hydrogen-bond acceptors (Lipinski definition) is 2. The van der Waals surface area contributed by atoms with Crippen LogP contribution in [0.25, 0.3) is 11.0 Å². The van der Waals surface area contributed by atoms with Gasteiger partial charge >= 0.3 is 0 Å². The molecule has 2 nitrogen and oxygen atoms in total. The van der Waals surface area contributed by atoms with Gasteiger partial charge in [-0.1, -0.05) is 90.5 Å². The fourth-order valence-corrected chi connectivity index (χ4v) is 5.11. The van der Waals surface area contributed by atoms with Crippen LogP contribution in [0, 0.1) is 0 Å². The number of imidazole rings is 1. The molecule has 31 heavy (non-hydrogen) atoms. The Morgan fingerprint density at radius 3 is 2.13 bits per heavy atom. The van der Waals surface area contributed by atoms with Crippen molar-refractivity contribution in [2.75, 3.05) is 0 Å². The molecule has 5 aromatic rings. The van der Waals surface area contributed by atoms with Crippen LogP contribution < -0.4 is 0 Å². The average Bonchev–Trinajstić information content (AvgIpc) is 3.16. The minimum atomic E-state index is 0.0542. The predicted octanol–water partition coefficient (Wildman–Crippen LogP) is 7.62. The first-order chi connectivity index (χ1) is 15.3. The summed E-state index contributed by atoms with van der Waals surface area (Å²) in [5.41, 5.74) is 4.48. The van der Waals surface area contributed by atoms with Crippen molar-refractivity contribution >= 4 is 34.4 Å². The third-order valence-corrected chi connectivity index (χ3v) is 6.76. The van der Waals surface area contributed by atoms with Crippen molar-refractivity contribution in [2.24, 2.45) is 0 Å². The molecule has 0 N–H and O–H groups in total. The van der Waals surface area contributed by atoms with Crippen molar-refractivity contribution in [3.63, 3.8) is 0 Å². The third-order valence-electron chi connectivity index (χ3n) is 5.26. The molecular formula is C27H21ClN2S. The van der Waals surface area contributed by atoms with E-state index in [1.807, 2.05) is 42.1 Å². The molecule has 0 saturated heterocycles. The maximum Gasteiger partial charge on any atom is 0.128 e. The Morgan fingerprint density at radius 1 is 0.774 bits per heavy atom. The fraction of sp³-hybridized carbons (Fsp3) is 0.0741. The van der Waals surface area contributed by atoms with Crippen LogP contribution in [0.3, 0.4) is 0 Å². The third kappa shape index (κ3) is 4.39. The van der Waals surface area contributed by atoms with Gasteiger partial charge in [0.25, 0.3) is 0 Å². The van der Waals surface area contributed by atoms with Gasteiger partial charge < -0.3 is 4.57 Å². The highest BCUT2D eigenvalue weighted by Gasteiger charge is 2.23. The topological polar surface area (TPSA) is 17.8 Å². The van der Waals surface area contributed by atoms with Crippen molar-refractivity contribution in [3.8, 4) is 0 Å². The average molecular weight is 441 g/mol. The number of rotatable bonds is 6. The second-order valence-corrected chi connectivity index (χ2v) is 9.01. The maximum atomic E-state index is 6.38. The van der Waals surface area contributed by atoms with Crippen molar-refractivity contribution in [1.29, 1.82) is 0 Å². The molecule has 5 rings (SSSR count). The highest BCUT2D eigenvalue weighted by atomic mass is 35.5. The van der Waals surface area contributed by atoms with Gasteiger partial charge in [-0.2, -0.15) is 0 Å². The van der Waals surface area contributed by atoms with Gasteiger partial charge in [-0.25, -0.2) is 4.98 Å². The van der Waals surface area contributed by atoms with E-state index in [1.54, 1.807) is 0 Å². The first kappa shape index (κ1) is 19.9. The molecule has 4 heteroatoms. The Balaban J connectivity index is 1.68. The van der Waals surface area contributed by atoms with Crippen LogP contribution >= 0.6 is 23.4 Å². The fourth-order valence-electron chi connectivity index (χ4n) is 3.78. The second kappa shape index (κ2) is 9.01. The van der Waals surface area contributed by atoms with Crippen LogP contribution in [-0.2, 0) is 6.54 Å². The summed E-state index contributed by atoms with van der Waals surface area (Å²) in [5.74, 6) is 1.03. The lowest BCUT2D eigenvalue weighted by Gasteiger charge is -2.19. The van der Waals surface area contributed by atoms with Gasteiger partial charge in [-0.15, -0.1) is 11.8 Å². The van der Waals surface area contributed by atoms with Crippen molar-refractivity contribution in [1.82, 2.24) is 9.55 Å². The van der Waals surface area contributed by atoms with Crippen LogP contribution in [0.4, 0.5) is 0 Å². The van der Waals surface area contributed by atoms with Crippen LogP contribution in [-0.4, -0.2) is 9.55 Å². The zero-order valence-corrected chi connectivity index (χ0v) is 18.4. The molecule has 1 aromatic heterocycles. The summed E-state index contributed by atoms with van der Waals surface area (Å²) in [7, 11) is 0. The maximum absolute atomic E-state index is 6.38. The number of halogens is 1.